The number of fused-ring (bicyclic) bond motifs is 6. The summed E-state index contributed by atoms with van der Waals surface area (Å²) in [6.45, 7) is 9.54. The molecule has 346 valence electrons. The van der Waals surface area contributed by atoms with Crippen LogP contribution in [0.25, 0.3) is 23.1 Å². The lowest BCUT2D eigenvalue weighted by Gasteiger charge is -2.53. The largest absolute Gasteiger partial charge is 0.463 e. The molecule has 2 aromatic heterocycles. The third-order valence-electron chi connectivity index (χ3n) is 14.0. The fourth-order valence-corrected chi connectivity index (χ4v) is 11.5. The van der Waals surface area contributed by atoms with Gasteiger partial charge in [-0.2, -0.15) is 9.78 Å². The van der Waals surface area contributed by atoms with E-state index in [0.717, 1.165) is 59.4 Å². The lowest BCUT2D eigenvalue weighted by atomic mass is 9.51. The summed E-state index contributed by atoms with van der Waals surface area (Å²) in [7, 11) is 1.59. The minimum Gasteiger partial charge on any atom is -0.463 e. The van der Waals surface area contributed by atoms with Crippen molar-refractivity contribution in [1.82, 2.24) is 20.1 Å². The summed E-state index contributed by atoms with van der Waals surface area (Å²) in [4.78, 5) is 57.6. The Labute approximate surface area is 390 Å². The van der Waals surface area contributed by atoms with Crippen LogP contribution in [0, 0.1) is 28.6 Å². The Hall–Kier alpha value is -5.83. The van der Waals surface area contributed by atoms with E-state index in [1.165, 1.54) is 27.6 Å². The summed E-state index contributed by atoms with van der Waals surface area (Å²) in [6, 6.07) is 18.6. The van der Waals surface area contributed by atoms with Gasteiger partial charge in [0.05, 0.1) is 48.9 Å². The summed E-state index contributed by atoms with van der Waals surface area (Å²) >= 11 is 1.41. The minimum absolute atomic E-state index is 0.00767. The first-order valence-electron chi connectivity index (χ1n) is 22.8. The number of nitrogens with one attached hydrogen (secondary N) is 1. The maximum absolute atomic E-state index is 13.6. The van der Waals surface area contributed by atoms with Gasteiger partial charge in [-0.05, 0) is 123 Å². The molecule has 2 heterocycles. The molecule has 2 saturated carbocycles. The van der Waals surface area contributed by atoms with Gasteiger partial charge < -0.3 is 29.0 Å². The van der Waals surface area contributed by atoms with Gasteiger partial charge in [0.1, 0.15) is 19.8 Å². The number of hydrogen-bond donors (Lipinski definition) is 1. The molecule has 0 saturated heterocycles. The maximum atomic E-state index is 13.6. The first-order chi connectivity index (χ1) is 32.0. The number of Topliss-reactive ketones (excluding diaryl/α,β-unsaturated/α-hetero) is 1. The number of rotatable bonds is 19. The highest BCUT2D eigenvalue weighted by molar-refractivity contribution is 7.99. The number of amides is 1. The summed E-state index contributed by atoms with van der Waals surface area (Å²) in [5.41, 5.74) is 5.08. The van der Waals surface area contributed by atoms with Crippen LogP contribution in [0.2, 0.25) is 0 Å². The number of pyridine rings is 1. The van der Waals surface area contributed by atoms with Crippen LogP contribution < -0.4 is 5.32 Å². The van der Waals surface area contributed by atoms with Gasteiger partial charge in [0.25, 0.3) is 11.9 Å². The highest BCUT2D eigenvalue weighted by Gasteiger charge is 2.57. The van der Waals surface area contributed by atoms with E-state index in [9.17, 15) is 19.2 Å². The fraction of sp³-hybridized carbons (Fsp3) is 0.423. The summed E-state index contributed by atoms with van der Waals surface area (Å²) in [5, 5.41) is 8.02. The zero-order valence-electron chi connectivity index (χ0n) is 37.9. The molecule has 5 unspecified atom stereocenters. The van der Waals surface area contributed by atoms with E-state index in [-0.39, 0.29) is 86.4 Å². The molecule has 14 heteroatoms. The molecule has 1 amide bonds. The number of ketones is 2. The summed E-state index contributed by atoms with van der Waals surface area (Å²) in [6.07, 6.45) is 15.3. The molecule has 2 aromatic carbocycles. The van der Waals surface area contributed by atoms with Crippen molar-refractivity contribution >= 4 is 58.4 Å². The zero-order chi connectivity index (χ0) is 46.3. The predicted molar refractivity (Wildman–Crippen MR) is 251 cm³/mol. The first kappa shape index (κ1) is 46.7. The Morgan fingerprint density at radius 1 is 0.909 bits per heavy atom. The van der Waals surface area contributed by atoms with E-state index >= 15 is 0 Å². The van der Waals surface area contributed by atoms with Crippen molar-refractivity contribution < 1.29 is 42.9 Å². The molecule has 66 heavy (non-hydrogen) atoms. The van der Waals surface area contributed by atoms with Crippen molar-refractivity contribution in [2.24, 2.45) is 28.6 Å². The van der Waals surface area contributed by atoms with E-state index in [0.29, 0.717) is 35.0 Å². The van der Waals surface area contributed by atoms with Crippen LogP contribution >= 0.6 is 11.8 Å². The monoisotopic (exact) mass is 914 g/mol. The average molecular weight is 915 g/mol. The van der Waals surface area contributed by atoms with E-state index in [2.05, 4.69) is 41.9 Å². The van der Waals surface area contributed by atoms with Gasteiger partial charge in [0.15, 0.2) is 11.6 Å². The van der Waals surface area contributed by atoms with E-state index in [4.69, 9.17) is 23.7 Å². The quantitative estimate of drug-likeness (QED) is 0.0541. The average Bonchev–Trinajstić information content (AvgIpc) is 3.88. The molecule has 0 radical (unpaired) electrons. The van der Waals surface area contributed by atoms with Gasteiger partial charge in [-0.25, -0.2) is 4.79 Å². The van der Waals surface area contributed by atoms with Crippen molar-refractivity contribution in [2.75, 3.05) is 53.3 Å². The molecular weight excluding hydrogens is 857 g/mol. The van der Waals surface area contributed by atoms with Crippen molar-refractivity contribution in [1.29, 1.82) is 0 Å². The van der Waals surface area contributed by atoms with Gasteiger partial charge in [0, 0.05) is 46.2 Å². The normalized spacial score (nSPS) is 23.3. The summed E-state index contributed by atoms with van der Waals surface area (Å²) < 4.78 is 29.4. The molecule has 4 aliphatic rings. The van der Waals surface area contributed by atoms with Crippen LogP contribution in [0.3, 0.4) is 0 Å². The number of aromatic nitrogens is 3. The van der Waals surface area contributed by atoms with Crippen LogP contribution in [0.5, 0.6) is 0 Å². The van der Waals surface area contributed by atoms with Crippen LogP contribution in [-0.2, 0) is 33.3 Å². The first-order valence-corrected chi connectivity index (χ1v) is 23.7. The second-order valence-corrected chi connectivity index (χ2v) is 18.9. The second kappa shape index (κ2) is 20.8. The molecule has 1 N–H and O–H groups in total. The summed E-state index contributed by atoms with van der Waals surface area (Å²) in [5.74, 6) is 1.08. The standard InChI is InChI=1S/C52H58N4O9S/c1-34(65-33-47(58)44-18-17-42-39-15-12-35-31-37(57)20-22-51(35,2)43(39)21-23-52(42,44)3)63-29-27-61-25-26-62-28-30-64-50(60)56-46-32-38(66-48-11-6-5-10-41(48)49(59)53-4)14-16-40(46)45(55-56)19-13-36-9-7-8-24-54-36/h5-11,13-14,16,19,21,24,31-32,39,42,44H,1,12,15,17-18,20,22-23,25-30,33H2,2-4H3,(H,53,59)/b19-13+. The number of carbonyl (C=O) groups is 4. The Morgan fingerprint density at radius 2 is 1.68 bits per heavy atom. The third-order valence-corrected chi connectivity index (χ3v) is 15.0. The molecule has 0 aliphatic heterocycles. The second-order valence-electron chi connectivity index (χ2n) is 17.8. The smallest absolute Gasteiger partial charge is 0.435 e. The van der Waals surface area contributed by atoms with Crippen LogP contribution in [0.15, 0.2) is 112 Å². The third kappa shape index (κ3) is 10.1. The molecule has 13 nitrogen and oxygen atoms in total. The molecule has 0 bridgehead atoms. The van der Waals surface area contributed by atoms with Crippen molar-refractivity contribution in [3.8, 4) is 0 Å². The molecule has 0 spiro atoms. The van der Waals surface area contributed by atoms with E-state index in [1.54, 1.807) is 25.4 Å². The Bertz CT molecular complexity index is 2570. The van der Waals surface area contributed by atoms with Crippen molar-refractivity contribution in [2.45, 2.75) is 68.6 Å². The molecular formula is C52H58N4O9S. The highest BCUT2D eigenvalue weighted by atomic mass is 32.2. The van der Waals surface area contributed by atoms with Crippen LogP contribution in [-0.4, -0.2) is 91.6 Å². The molecule has 2 fully saturated rings. The number of ether oxygens (including phenoxy) is 5. The zero-order valence-corrected chi connectivity index (χ0v) is 38.7. The number of nitrogens with zero attached hydrogens (tertiary/aromatic N) is 3. The SMILES string of the molecule is C=C(OCCOCCOCCOC(=O)n1nc(/C=C/c2ccccn2)c2ccc(Sc3ccccc3C(=O)NC)cc21)OCC(=O)C1CCC2C3CCC4=CC(=O)CCC4(C)C3=CCC12C. The van der Waals surface area contributed by atoms with Crippen molar-refractivity contribution in [3.05, 3.63) is 120 Å². The van der Waals surface area contributed by atoms with Gasteiger partial charge in [-0.15, -0.1) is 0 Å². The molecule has 8 rings (SSSR count). The predicted octanol–water partition coefficient (Wildman–Crippen LogP) is 9.27. The Balaban J connectivity index is 0.751. The topological polar surface area (TPSA) is 157 Å². The van der Waals surface area contributed by atoms with E-state index in [1.807, 2.05) is 66.7 Å². The van der Waals surface area contributed by atoms with Gasteiger partial charge in [-0.1, -0.05) is 61.0 Å². The van der Waals surface area contributed by atoms with Gasteiger partial charge in [0.2, 0.25) is 0 Å². The van der Waals surface area contributed by atoms with Crippen molar-refractivity contribution in [3.63, 3.8) is 0 Å². The van der Waals surface area contributed by atoms with E-state index < -0.39 is 6.09 Å². The number of hydrogen-bond acceptors (Lipinski definition) is 12. The molecule has 4 aliphatic carbocycles. The minimum atomic E-state index is -0.664. The van der Waals surface area contributed by atoms with Crippen LogP contribution in [0.4, 0.5) is 4.79 Å². The lowest BCUT2D eigenvalue weighted by molar-refractivity contribution is -0.132. The van der Waals surface area contributed by atoms with Gasteiger partial charge in [-0.3, -0.25) is 19.4 Å². The van der Waals surface area contributed by atoms with Crippen LogP contribution in [0.1, 0.15) is 80.5 Å². The number of allylic oxidation sites excluding steroid dienone is 4. The Morgan fingerprint density at radius 3 is 2.47 bits per heavy atom. The molecule has 5 atom stereocenters. The maximum Gasteiger partial charge on any atom is 0.435 e. The fourth-order valence-electron chi connectivity index (χ4n) is 10.6. The molecule has 4 aromatic rings. The van der Waals surface area contributed by atoms with Gasteiger partial charge >= 0.3 is 6.09 Å². The number of benzene rings is 2. The Kier molecular flexibility index (Phi) is 14.7. The number of carbonyl (C=O) groups excluding carboxylic acids is 4. The highest BCUT2D eigenvalue weighted by Crippen LogP contribution is 2.64. The lowest BCUT2D eigenvalue weighted by Crippen LogP contribution is -2.45.